The van der Waals surface area contributed by atoms with E-state index >= 15 is 0 Å². The summed E-state index contributed by atoms with van der Waals surface area (Å²) in [5, 5.41) is 9.50. The summed E-state index contributed by atoms with van der Waals surface area (Å²) in [5.74, 6) is 0. The van der Waals surface area contributed by atoms with Crippen molar-refractivity contribution in [3.05, 3.63) is 23.5 Å². The van der Waals surface area contributed by atoms with Gasteiger partial charge < -0.3 is 10.0 Å². The lowest BCUT2D eigenvalue weighted by molar-refractivity contribution is 0.281. The van der Waals surface area contributed by atoms with Gasteiger partial charge in [-0.05, 0) is 32.3 Å². The number of aliphatic hydroxyl groups is 1. The van der Waals surface area contributed by atoms with Gasteiger partial charge in [0.05, 0.1) is 6.61 Å². The van der Waals surface area contributed by atoms with Crippen molar-refractivity contribution in [3.8, 4) is 0 Å². The van der Waals surface area contributed by atoms with E-state index in [1.807, 2.05) is 13.1 Å². The lowest BCUT2D eigenvalue weighted by atomic mass is 10.1. The van der Waals surface area contributed by atoms with Gasteiger partial charge in [0, 0.05) is 35.7 Å². The maximum absolute atomic E-state index is 9.50. The van der Waals surface area contributed by atoms with Crippen LogP contribution in [0, 0.1) is 6.92 Å². The predicted octanol–water partition coefficient (Wildman–Crippen LogP) is 3.04. The molecule has 0 aromatic carbocycles. The fourth-order valence-corrected chi connectivity index (χ4v) is 2.88. The third kappa shape index (κ3) is 2.83. The van der Waals surface area contributed by atoms with Gasteiger partial charge in [0.1, 0.15) is 0 Å². The number of anilines is 1. The summed E-state index contributed by atoms with van der Waals surface area (Å²) in [6.45, 7) is 5.46. The predicted molar refractivity (Wildman–Crippen MR) is 74.8 cm³/mol. The quantitative estimate of drug-likeness (QED) is 0.893. The van der Waals surface area contributed by atoms with Crippen LogP contribution in [0.2, 0.25) is 0 Å². The molecule has 1 atom stereocenters. The third-order valence-electron chi connectivity index (χ3n) is 3.93. The van der Waals surface area contributed by atoms with Crippen molar-refractivity contribution in [1.82, 2.24) is 4.98 Å². The van der Waals surface area contributed by atoms with Gasteiger partial charge in [-0.3, -0.25) is 4.98 Å². The normalized spacial score (nSPS) is 20.8. The molecule has 0 spiro atoms. The molecular formula is C15H24N2O. The van der Waals surface area contributed by atoms with Crippen LogP contribution in [0.15, 0.2) is 12.3 Å². The van der Waals surface area contributed by atoms with Crippen LogP contribution >= 0.6 is 0 Å². The van der Waals surface area contributed by atoms with E-state index in [1.54, 1.807) is 0 Å². The standard InChI is InChI=1S/C15H24N2O/c1-3-14-7-5-4-6-8-17(14)15-9-12(2)16-10-13(15)11-18/h9-10,14,18H,3-8,11H2,1-2H3. The van der Waals surface area contributed by atoms with Gasteiger partial charge in [0.2, 0.25) is 0 Å². The van der Waals surface area contributed by atoms with Crippen LogP contribution in [-0.2, 0) is 6.61 Å². The molecule has 1 saturated heterocycles. The average Bonchev–Trinajstić information content (AvgIpc) is 2.63. The second kappa shape index (κ2) is 6.19. The maximum atomic E-state index is 9.50. The smallest absolute Gasteiger partial charge is 0.0717 e. The van der Waals surface area contributed by atoms with E-state index in [0.717, 1.165) is 17.8 Å². The fraction of sp³-hybridized carbons (Fsp3) is 0.667. The van der Waals surface area contributed by atoms with E-state index in [-0.39, 0.29) is 6.61 Å². The number of aromatic nitrogens is 1. The molecule has 0 aliphatic carbocycles. The van der Waals surface area contributed by atoms with Crippen molar-refractivity contribution in [2.45, 2.75) is 58.6 Å². The van der Waals surface area contributed by atoms with E-state index < -0.39 is 0 Å². The van der Waals surface area contributed by atoms with E-state index in [1.165, 1.54) is 37.8 Å². The molecule has 1 aromatic rings. The zero-order valence-corrected chi connectivity index (χ0v) is 11.5. The minimum atomic E-state index is 0.0789. The van der Waals surface area contributed by atoms with Crippen LogP contribution in [-0.4, -0.2) is 22.7 Å². The monoisotopic (exact) mass is 248 g/mol. The SMILES string of the molecule is CCC1CCCCCN1c1cc(C)ncc1CO. The summed E-state index contributed by atoms with van der Waals surface area (Å²) in [5.41, 5.74) is 3.18. The number of aryl methyl sites for hydroxylation is 1. The molecule has 18 heavy (non-hydrogen) atoms. The molecule has 0 amide bonds. The van der Waals surface area contributed by atoms with Crippen LogP contribution < -0.4 is 4.90 Å². The Hall–Kier alpha value is -1.09. The summed E-state index contributed by atoms with van der Waals surface area (Å²) in [7, 11) is 0. The Labute approximate surface area is 110 Å². The van der Waals surface area contributed by atoms with Crippen molar-refractivity contribution >= 4 is 5.69 Å². The number of hydrogen-bond acceptors (Lipinski definition) is 3. The number of nitrogens with zero attached hydrogens (tertiary/aromatic N) is 2. The van der Waals surface area contributed by atoms with Crippen LogP contribution in [0.3, 0.4) is 0 Å². The van der Waals surface area contributed by atoms with Gasteiger partial charge in [0.25, 0.3) is 0 Å². The first-order valence-corrected chi connectivity index (χ1v) is 7.09. The van der Waals surface area contributed by atoms with Crippen molar-refractivity contribution in [2.24, 2.45) is 0 Å². The lowest BCUT2D eigenvalue weighted by Gasteiger charge is -2.33. The highest BCUT2D eigenvalue weighted by molar-refractivity contribution is 5.54. The molecule has 100 valence electrons. The van der Waals surface area contributed by atoms with Crippen LogP contribution in [0.5, 0.6) is 0 Å². The summed E-state index contributed by atoms with van der Waals surface area (Å²) in [6, 6.07) is 2.74. The maximum Gasteiger partial charge on any atom is 0.0717 e. The van der Waals surface area contributed by atoms with Gasteiger partial charge in [-0.15, -0.1) is 0 Å². The molecule has 1 aliphatic heterocycles. The summed E-state index contributed by atoms with van der Waals surface area (Å²) >= 11 is 0. The van der Waals surface area contributed by atoms with Crippen molar-refractivity contribution in [1.29, 1.82) is 0 Å². The lowest BCUT2D eigenvalue weighted by Crippen LogP contribution is -2.35. The number of hydrogen-bond donors (Lipinski definition) is 1. The molecule has 3 nitrogen and oxygen atoms in total. The summed E-state index contributed by atoms with van der Waals surface area (Å²) < 4.78 is 0. The average molecular weight is 248 g/mol. The Morgan fingerprint density at radius 1 is 1.39 bits per heavy atom. The molecule has 0 saturated carbocycles. The van der Waals surface area contributed by atoms with Gasteiger partial charge in [0.15, 0.2) is 0 Å². The molecule has 1 fully saturated rings. The van der Waals surface area contributed by atoms with Crippen LogP contribution in [0.1, 0.15) is 50.3 Å². The molecule has 1 aromatic heterocycles. The van der Waals surface area contributed by atoms with E-state index in [2.05, 4.69) is 22.9 Å². The van der Waals surface area contributed by atoms with Crippen LogP contribution in [0.4, 0.5) is 5.69 Å². The molecule has 3 heteroatoms. The Bertz CT molecular complexity index is 392. The molecule has 1 aliphatic rings. The number of rotatable bonds is 3. The zero-order valence-electron chi connectivity index (χ0n) is 11.5. The second-order valence-corrected chi connectivity index (χ2v) is 5.22. The minimum Gasteiger partial charge on any atom is -0.392 e. The van der Waals surface area contributed by atoms with Gasteiger partial charge in [-0.1, -0.05) is 19.8 Å². The van der Waals surface area contributed by atoms with Gasteiger partial charge in [-0.25, -0.2) is 0 Å². The second-order valence-electron chi connectivity index (χ2n) is 5.22. The number of pyridine rings is 1. The largest absolute Gasteiger partial charge is 0.392 e. The Balaban J connectivity index is 2.34. The molecule has 1 N–H and O–H groups in total. The fourth-order valence-electron chi connectivity index (χ4n) is 2.88. The molecule has 1 unspecified atom stereocenters. The topological polar surface area (TPSA) is 36.4 Å². The van der Waals surface area contributed by atoms with E-state index in [4.69, 9.17) is 0 Å². The Morgan fingerprint density at radius 2 is 2.22 bits per heavy atom. The Morgan fingerprint density at radius 3 is 2.94 bits per heavy atom. The first-order chi connectivity index (χ1) is 8.76. The highest BCUT2D eigenvalue weighted by atomic mass is 16.3. The molecule has 0 radical (unpaired) electrons. The molecule has 2 rings (SSSR count). The highest BCUT2D eigenvalue weighted by Gasteiger charge is 2.21. The molecular weight excluding hydrogens is 224 g/mol. The van der Waals surface area contributed by atoms with E-state index in [9.17, 15) is 5.11 Å². The summed E-state index contributed by atoms with van der Waals surface area (Å²) in [6.07, 6.45) is 8.17. The first-order valence-electron chi connectivity index (χ1n) is 7.09. The highest BCUT2D eigenvalue weighted by Crippen LogP contribution is 2.29. The molecule has 2 heterocycles. The number of aliphatic hydroxyl groups excluding tert-OH is 1. The molecule has 0 bridgehead atoms. The van der Waals surface area contributed by atoms with Crippen molar-refractivity contribution in [3.63, 3.8) is 0 Å². The summed E-state index contributed by atoms with van der Waals surface area (Å²) in [4.78, 5) is 6.79. The van der Waals surface area contributed by atoms with Crippen LogP contribution in [0.25, 0.3) is 0 Å². The minimum absolute atomic E-state index is 0.0789. The van der Waals surface area contributed by atoms with Gasteiger partial charge in [-0.2, -0.15) is 0 Å². The van der Waals surface area contributed by atoms with Crippen molar-refractivity contribution < 1.29 is 5.11 Å². The zero-order chi connectivity index (χ0) is 13.0. The van der Waals surface area contributed by atoms with Crippen molar-refractivity contribution in [2.75, 3.05) is 11.4 Å². The van der Waals surface area contributed by atoms with Gasteiger partial charge >= 0.3 is 0 Å². The third-order valence-corrected chi connectivity index (χ3v) is 3.93. The van der Waals surface area contributed by atoms with E-state index in [0.29, 0.717) is 6.04 Å². The first kappa shape index (κ1) is 13.3. The Kier molecular flexibility index (Phi) is 4.59.